The fourth-order valence-electron chi connectivity index (χ4n) is 5.76. The number of halogens is 3. The van der Waals surface area contributed by atoms with Crippen LogP contribution >= 0.6 is 0 Å². The maximum atomic E-state index is 12.9. The summed E-state index contributed by atoms with van der Waals surface area (Å²) in [7, 11) is 0. The summed E-state index contributed by atoms with van der Waals surface area (Å²) < 4.78 is 43.8. The third-order valence-electron chi connectivity index (χ3n) is 8.49. The molecule has 2 aromatic carbocycles. The second kappa shape index (κ2) is 19.4. The van der Waals surface area contributed by atoms with Gasteiger partial charge in [-0.25, -0.2) is 0 Å². The van der Waals surface area contributed by atoms with Gasteiger partial charge in [0.15, 0.2) is 6.10 Å². The van der Waals surface area contributed by atoms with E-state index in [2.05, 4.69) is 49.4 Å². The van der Waals surface area contributed by atoms with Crippen molar-refractivity contribution in [2.75, 3.05) is 6.61 Å². The molecule has 1 N–H and O–H groups in total. The fraction of sp³-hybridized carbons (Fsp3) is 0.526. The van der Waals surface area contributed by atoms with E-state index in [1.807, 2.05) is 24.4 Å². The molecule has 0 amide bonds. The van der Waals surface area contributed by atoms with Crippen LogP contribution in [0.15, 0.2) is 66.9 Å². The van der Waals surface area contributed by atoms with E-state index in [0.717, 1.165) is 53.3 Å². The molecule has 0 spiro atoms. The van der Waals surface area contributed by atoms with Gasteiger partial charge in [0.25, 0.3) is 0 Å². The average Bonchev–Trinajstić information content (AvgIpc) is 3.03. The summed E-state index contributed by atoms with van der Waals surface area (Å²) in [6.45, 7) is 3.26. The Morgan fingerprint density at radius 2 is 1.51 bits per heavy atom. The Morgan fingerprint density at radius 1 is 0.822 bits per heavy atom. The number of ether oxygens (including phenoxy) is 1. The molecule has 4 nitrogen and oxygen atoms in total. The molecule has 0 radical (unpaired) electrons. The van der Waals surface area contributed by atoms with E-state index in [0.29, 0.717) is 25.7 Å². The molecule has 0 aliphatic rings. The van der Waals surface area contributed by atoms with E-state index in [-0.39, 0.29) is 18.9 Å². The van der Waals surface area contributed by atoms with E-state index in [1.165, 1.54) is 44.9 Å². The van der Waals surface area contributed by atoms with Crippen molar-refractivity contribution in [2.24, 2.45) is 0 Å². The first kappa shape index (κ1) is 36.3. The largest absolute Gasteiger partial charge is 0.481 e. The standard InChI is InChI=1S/C38H50F3NO3/c1-3-4-5-6-7-8-9-13-20-34-24-22-33(28-42-34)36-27-32(23-25-35(36)31-16-11-10-12-17-31)30(18-14-21-37(43)44)19-15-26-45-29(2)38(39,40)41/h10-12,16-17,22-25,27-30H,3-9,13-15,18-21,26H2,1-2H3,(H,43,44). The number of aromatic nitrogens is 1. The first-order chi connectivity index (χ1) is 21.7. The summed E-state index contributed by atoms with van der Waals surface area (Å²) in [6, 6.07) is 20.7. The number of aryl methyl sites for hydroxylation is 1. The van der Waals surface area contributed by atoms with Crippen molar-refractivity contribution in [1.82, 2.24) is 4.98 Å². The Morgan fingerprint density at radius 3 is 2.16 bits per heavy atom. The number of nitrogens with zero attached hydrogens (tertiary/aromatic N) is 1. The molecule has 3 aromatic rings. The van der Waals surface area contributed by atoms with E-state index >= 15 is 0 Å². The third-order valence-corrected chi connectivity index (χ3v) is 8.49. The number of unbranched alkanes of at least 4 members (excludes halogenated alkanes) is 7. The van der Waals surface area contributed by atoms with Gasteiger partial charge >= 0.3 is 12.1 Å². The van der Waals surface area contributed by atoms with Gasteiger partial charge in [-0.1, -0.05) is 106 Å². The van der Waals surface area contributed by atoms with Crippen LogP contribution in [0.2, 0.25) is 0 Å². The number of aliphatic carboxylic acids is 1. The van der Waals surface area contributed by atoms with Crippen molar-refractivity contribution >= 4 is 5.97 Å². The number of pyridine rings is 1. The molecule has 0 saturated carbocycles. The van der Waals surface area contributed by atoms with Crippen LogP contribution in [0.3, 0.4) is 0 Å². The van der Waals surface area contributed by atoms with Crippen LogP contribution in [0, 0.1) is 0 Å². The second-order valence-corrected chi connectivity index (χ2v) is 12.1. The van der Waals surface area contributed by atoms with Crippen LogP contribution < -0.4 is 0 Å². The molecule has 1 heterocycles. The summed E-state index contributed by atoms with van der Waals surface area (Å²) in [4.78, 5) is 16.0. The van der Waals surface area contributed by atoms with E-state index in [1.54, 1.807) is 0 Å². The SMILES string of the molecule is CCCCCCCCCCc1ccc(-c2cc(C(CCCOC(C)C(F)(F)F)CCCC(=O)O)ccc2-c2ccccc2)cn1. The number of benzene rings is 2. The van der Waals surface area contributed by atoms with Crippen molar-refractivity contribution in [3.63, 3.8) is 0 Å². The molecule has 2 unspecified atom stereocenters. The zero-order valence-corrected chi connectivity index (χ0v) is 27.0. The van der Waals surface area contributed by atoms with Crippen molar-refractivity contribution < 1.29 is 27.8 Å². The highest BCUT2D eigenvalue weighted by Crippen LogP contribution is 2.37. The maximum absolute atomic E-state index is 12.9. The molecule has 0 aliphatic heterocycles. The second-order valence-electron chi connectivity index (χ2n) is 12.1. The quantitative estimate of drug-likeness (QED) is 0.120. The highest BCUT2D eigenvalue weighted by atomic mass is 19.4. The fourth-order valence-corrected chi connectivity index (χ4v) is 5.76. The summed E-state index contributed by atoms with van der Waals surface area (Å²) in [5.41, 5.74) is 6.32. The minimum Gasteiger partial charge on any atom is -0.481 e. The zero-order valence-electron chi connectivity index (χ0n) is 27.0. The molecule has 0 fully saturated rings. The number of rotatable bonds is 21. The van der Waals surface area contributed by atoms with Gasteiger partial charge in [-0.15, -0.1) is 0 Å². The number of hydrogen-bond donors (Lipinski definition) is 1. The first-order valence-corrected chi connectivity index (χ1v) is 16.7. The lowest BCUT2D eigenvalue weighted by molar-refractivity contribution is -0.214. The number of hydrogen-bond acceptors (Lipinski definition) is 3. The van der Waals surface area contributed by atoms with Crippen LogP contribution in [0.5, 0.6) is 0 Å². The van der Waals surface area contributed by atoms with Gasteiger partial charge in [-0.05, 0) is 79.7 Å². The lowest BCUT2D eigenvalue weighted by Crippen LogP contribution is -2.28. The first-order valence-electron chi connectivity index (χ1n) is 16.7. The summed E-state index contributed by atoms with van der Waals surface area (Å²) in [5, 5.41) is 9.21. The monoisotopic (exact) mass is 625 g/mol. The smallest absolute Gasteiger partial charge is 0.414 e. The molecule has 2 atom stereocenters. The maximum Gasteiger partial charge on any atom is 0.414 e. The van der Waals surface area contributed by atoms with Crippen LogP contribution in [0.4, 0.5) is 13.2 Å². The molecule has 246 valence electrons. The minimum absolute atomic E-state index is 0.00466. The molecule has 0 aliphatic carbocycles. The van der Waals surface area contributed by atoms with Gasteiger partial charge in [-0.2, -0.15) is 13.2 Å². The van der Waals surface area contributed by atoms with Gasteiger partial charge in [0.1, 0.15) is 0 Å². The molecular formula is C38H50F3NO3. The number of carboxylic acids is 1. The summed E-state index contributed by atoms with van der Waals surface area (Å²) in [5.74, 6) is -0.860. The normalized spacial score (nSPS) is 13.1. The Labute approximate surface area is 267 Å². The van der Waals surface area contributed by atoms with Crippen molar-refractivity contribution in [2.45, 2.75) is 122 Å². The molecular weight excluding hydrogens is 575 g/mol. The Bertz CT molecular complexity index is 1260. The van der Waals surface area contributed by atoms with Crippen molar-refractivity contribution in [1.29, 1.82) is 0 Å². The van der Waals surface area contributed by atoms with Gasteiger partial charge in [0.2, 0.25) is 0 Å². The van der Waals surface area contributed by atoms with Crippen molar-refractivity contribution in [3.05, 3.63) is 78.1 Å². The Balaban J connectivity index is 1.77. The van der Waals surface area contributed by atoms with Crippen LogP contribution in [0.25, 0.3) is 22.3 Å². The van der Waals surface area contributed by atoms with E-state index in [9.17, 15) is 23.1 Å². The molecule has 1 aromatic heterocycles. The minimum atomic E-state index is -4.39. The lowest BCUT2D eigenvalue weighted by Gasteiger charge is -2.21. The molecule has 45 heavy (non-hydrogen) atoms. The predicted molar refractivity (Wildman–Crippen MR) is 176 cm³/mol. The third kappa shape index (κ3) is 13.0. The zero-order chi connectivity index (χ0) is 32.5. The number of alkyl halides is 3. The number of carboxylic acid groups (broad SMARTS) is 1. The Kier molecular flexibility index (Phi) is 15.6. The predicted octanol–water partition coefficient (Wildman–Crippen LogP) is 11.2. The summed E-state index contributed by atoms with van der Waals surface area (Å²) >= 11 is 0. The van der Waals surface area contributed by atoms with E-state index in [4.69, 9.17) is 9.72 Å². The van der Waals surface area contributed by atoms with Crippen LogP contribution in [0.1, 0.15) is 114 Å². The molecule has 3 rings (SSSR count). The average molecular weight is 626 g/mol. The van der Waals surface area contributed by atoms with E-state index < -0.39 is 18.2 Å². The number of carbonyl (C=O) groups is 1. The van der Waals surface area contributed by atoms with Crippen molar-refractivity contribution in [3.8, 4) is 22.3 Å². The van der Waals surface area contributed by atoms with Gasteiger partial charge in [-0.3, -0.25) is 9.78 Å². The van der Waals surface area contributed by atoms with Gasteiger partial charge in [0, 0.05) is 30.5 Å². The molecule has 0 bridgehead atoms. The molecule has 7 heteroatoms. The van der Waals surface area contributed by atoms with Crippen LogP contribution in [-0.2, 0) is 16.0 Å². The highest BCUT2D eigenvalue weighted by molar-refractivity contribution is 5.83. The van der Waals surface area contributed by atoms with Gasteiger partial charge < -0.3 is 9.84 Å². The summed E-state index contributed by atoms with van der Waals surface area (Å²) in [6.07, 6.45) is 9.12. The lowest BCUT2D eigenvalue weighted by atomic mass is 9.85. The highest BCUT2D eigenvalue weighted by Gasteiger charge is 2.36. The van der Waals surface area contributed by atoms with Gasteiger partial charge in [0.05, 0.1) is 0 Å². The Hall–Kier alpha value is -3.19. The molecule has 0 saturated heterocycles. The topological polar surface area (TPSA) is 59.4 Å². The van der Waals surface area contributed by atoms with Crippen LogP contribution in [-0.4, -0.2) is 34.9 Å².